The van der Waals surface area contributed by atoms with Crippen LogP contribution in [0.4, 0.5) is 13.2 Å². The van der Waals surface area contributed by atoms with Gasteiger partial charge in [0.25, 0.3) is 0 Å². The van der Waals surface area contributed by atoms with Crippen LogP contribution in [0.3, 0.4) is 0 Å². The maximum absolute atomic E-state index is 11.9. The summed E-state index contributed by atoms with van der Waals surface area (Å²) >= 11 is 0. The monoisotopic (exact) mass is 266 g/mol. The zero-order chi connectivity index (χ0) is 13.8. The zero-order valence-corrected chi connectivity index (χ0v) is 10.9. The van der Waals surface area contributed by atoms with Gasteiger partial charge in [-0.05, 0) is 25.2 Å². The van der Waals surface area contributed by atoms with Gasteiger partial charge in [0.1, 0.15) is 0 Å². The molecular weight excluding hydrogens is 245 g/mol. The van der Waals surface area contributed by atoms with Gasteiger partial charge in [-0.15, -0.1) is 0 Å². The lowest BCUT2D eigenvalue weighted by atomic mass is 10.0. The van der Waals surface area contributed by atoms with Crippen molar-refractivity contribution in [1.29, 1.82) is 0 Å². The molecule has 0 aromatic carbocycles. The number of carbonyl (C=O) groups is 1. The first-order valence-corrected chi connectivity index (χ1v) is 6.38. The number of halogens is 3. The summed E-state index contributed by atoms with van der Waals surface area (Å²) in [6.07, 6.45) is -3.59. The first kappa shape index (κ1) is 15.3. The predicted molar refractivity (Wildman–Crippen MR) is 62.9 cm³/mol. The topological polar surface area (TPSA) is 32.3 Å². The highest BCUT2D eigenvalue weighted by Crippen LogP contribution is 2.22. The fourth-order valence-corrected chi connectivity index (χ4v) is 2.08. The van der Waals surface area contributed by atoms with Crippen LogP contribution < -0.4 is 5.32 Å². The van der Waals surface area contributed by atoms with Crippen molar-refractivity contribution >= 4 is 5.91 Å². The summed E-state index contributed by atoms with van der Waals surface area (Å²) in [6.45, 7) is 4.96. The number of nitrogens with one attached hydrogen (secondary N) is 1. The molecule has 0 aliphatic carbocycles. The minimum atomic E-state index is -4.09. The van der Waals surface area contributed by atoms with Crippen molar-refractivity contribution in [3.05, 3.63) is 0 Å². The molecule has 18 heavy (non-hydrogen) atoms. The number of rotatable bonds is 6. The Morgan fingerprint density at radius 2 is 2.06 bits per heavy atom. The van der Waals surface area contributed by atoms with Crippen LogP contribution in [0.2, 0.25) is 0 Å². The van der Waals surface area contributed by atoms with E-state index in [4.69, 9.17) is 0 Å². The molecule has 6 heteroatoms. The van der Waals surface area contributed by atoms with Crippen molar-refractivity contribution in [3.8, 4) is 0 Å². The van der Waals surface area contributed by atoms with Gasteiger partial charge in [0.2, 0.25) is 5.91 Å². The average molecular weight is 266 g/mol. The second kappa shape index (κ2) is 6.41. The van der Waals surface area contributed by atoms with Gasteiger partial charge in [-0.25, -0.2) is 0 Å². The molecule has 1 unspecified atom stereocenters. The third-order valence-electron chi connectivity index (χ3n) is 2.98. The van der Waals surface area contributed by atoms with E-state index in [1.165, 1.54) is 0 Å². The van der Waals surface area contributed by atoms with Crippen molar-refractivity contribution in [2.45, 2.75) is 51.7 Å². The van der Waals surface area contributed by atoms with Crippen LogP contribution in [0.15, 0.2) is 0 Å². The number of hydrogen-bond donors (Lipinski definition) is 1. The molecule has 1 aliphatic rings. The van der Waals surface area contributed by atoms with Crippen LogP contribution >= 0.6 is 0 Å². The molecule has 1 fully saturated rings. The van der Waals surface area contributed by atoms with Gasteiger partial charge in [-0.1, -0.05) is 13.8 Å². The smallest absolute Gasteiger partial charge is 0.329 e. The molecule has 0 bridgehead atoms. The summed E-state index contributed by atoms with van der Waals surface area (Å²) in [4.78, 5) is 13.5. The van der Waals surface area contributed by atoms with E-state index in [1.807, 2.05) is 13.8 Å². The molecule has 1 atom stereocenters. The number of alkyl halides is 3. The lowest BCUT2D eigenvalue weighted by molar-refractivity contribution is -0.136. The summed E-state index contributed by atoms with van der Waals surface area (Å²) in [5.74, 6) is 0.451. The van der Waals surface area contributed by atoms with Crippen LogP contribution in [0, 0.1) is 5.92 Å². The van der Waals surface area contributed by atoms with Gasteiger partial charge >= 0.3 is 6.18 Å². The van der Waals surface area contributed by atoms with E-state index in [-0.39, 0.29) is 18.4 Å². The van der Waals surface area contributed by atoms with Crippen LogP contribution in [0.1, 0.15) is 39.5 Å². The third-order valence-corrected chi connectivity index (χ3v) is 2.98. The molecule has 1 aliphatic heterocycles. The Labute approximate surface area is 106 Å². The highest BCUT2D eigenvalue weighted by molar-refractivity contribution is 5.83. The highest BCUT2D eigenvalue weighted by atomic mass is 19.4. The molecule has 1 heterocycles. The number of hydrogen-bond acceptors (Lipinski definition) is 2. The van der Waals surface area contributed by atoms with Gasteiger partial charge in [0, 0.05) is 13.0 Å². The Morgan fingerprint density at radius 1 is 1.39 bits per heavy atom. The molecule has 1 rings (SSSR count). The minimum absolute atomic E-state index is 0.0238. The van der Waals surface area contributed by atoms with Crippen LogP contribution in [0.25, 0.3) is 0 Å². The molecule has 0 spiro atoms. The van der Waals surface area contributed by atoms with Gasteiger partial charge in [-0.3, -0.25) is 10.1 Å². The highest BCUT2D eigenvalue weighted by Gasteiger charge is 2.31. The zero-order valence-electron chi connectivity index (χ0n) is 10.9. The summed E-state index contributed by atoms with van der Waals surface area (Å²) in [6, 6.07) is -0.160. The van der Waals surface area contributed by atoms with Crippen LogP contribution in [-0.4, -0.2) is 36.2 Å². The molecular formula is C12H21F3N2O. The van der Waals surface area contributed by atoms with E-state index >= 15 is 0 Å². The predicted octanol–water partition coefficient (Wildman–Crippen LogP) is 2.52. The molecule has 106 valence electrons. The Kier molecular flexibility index (Phi) is 5.44. The van der Waals surface area contributed by atoms with Crippen molar-refractivity contribution in [1.82, 2.24) is 10.2 Å². The number of unbranched alkanes of at least 4 members (excludes halogenated alkanes) is 1. The van der Waals surface area contributed by atoms with E-state index in [9.17, 15) is 18.0 Å². The Bertz CT molecular complexity index is 279. The normalized spacial score (nSPS) is 21.1. The Morgan fingerprint density at radius 3 is 2.61 bits per heavy atom. The fraction of sp³-hybridized carbons (Fsp3) is 0.917. The molecule has 1 saturated heterocycles. The SMILES string of the molecule is CC(C)CC1NCN(CCCCC(F)(F)F)C1=O. The molecule has 3 nitrogen and oxygen atoms in total. The number of amides is 1. The lowest BCUT2D eigenvalue weighted by Crippen LogP contribution is -2.32. The van der Waals surface area contributed by atoms with Crippen LogP contribution in [0.5, 0.6) is 0 Å². The van der Waals surface area contributed by atoms with E-state index in [0.29, 0.717) is 25.6 Å². The third kappa shape index (κ3) is 5.25. The van der Waals surface area contributed by atoms with E-state index in [1.54, 1.807) is 4.90 Å². The van der Waals surface area contributed by atoms with Gasteiger partial charge in [0.05, 0.1) is 12.7 Å². The Hall–Kier alpha value is -0.780. The second-order valence-electron chi connectivity index (χ2n) is 5.22. The summed E-state index contributed by atoms with van der Waals surface area (Å²) in [5, 5.41) is 3.10. The molecule has 0 radical (unpaired) electrons. The van der Waals surface area contributed by atoms with E-state index in [0.717, 1.165) is 6.42 Å². The Balaban J connectivity index is 2.22. The lowest BCUT2D eigenvalue weighted by Gasteiger charge is -2.16. The average Bonchev–Trinajstić information content (AvgIpc) is 2.54. The van der Waals surface area contributed by atoms with E-state index in [2.05, 4.69) is 5.32 Å². The molecule has 0 aromatic heterocycles. The van der Waals surface area contributed by atoms with Crippen molar-refractivity contribution in [2.75, 3.05) is 13.2 Å². The summed E-state index contributed by atoms with van der Waals surface area (Å²) in [7, 11) is 0. The maximum atomic E-state index is 11.9. The molecule has 0 saturated carbocycles. The minimum Gasteiger partial charge on any atom is -0.329 e. The fourth-order valence-electron chi connectivity index (χ4n) is 2.08. The van der Waals surface area contributed by atoms with E-state index < -0.39 is 12.6 Å². The van der Waals surface area contributed by atoms with Crippen LogP contribution in [-0.2, 0) is 4.79 Å². The largest absolute Gasteiger partial charge is 0.389 e. The van der Waals surface area contributed by atoms with Crippen molar-refractivity contribution in [2.24, 2.45) is 5.92 Å². The quantitative estimate of drug-likeness (QED) is 0.749. The first-order valence-electron chi connectivity index (χ1n) is 6.38. The molecule has 1 N–H and O–H groups in total. The van der Waals surface area contributed by atoms with Gasteiger partial charge < -0.3 is 4.90 Å². The van der Waals surface area contributed by atoms with Gasteiger partial charge in [-0.2, -0.15) is 13.2 Å². The summed E-state index contributed by atoms with van der Waals surface area (Å²) < 4.78 is 35.8. The second-order valence-corrected chi connectivity index (χ2v) is 5.22. The van der Waals surface area contributed by atoms with Crippen molar-refractivity contribution in [3.63, 3.8) is 0 Å². The molecule has 1 amide bonds. The first-order chi connectivity index (χ1) is 8.29. The van der Waals surface area contributed by atoms with Gasteiger partial charge in [0.15, 0.2) is 0 Å². The number of nitrogens with zero attached hydrogens (tertiary/aromatic N) is 1. The van der Waals surface area contributed by atoms with Crippen molar-refractivity contribution < 1.29 is 18.0 Å². The maximum Gasteiger partial charge on any atom is 0.389 e. The summed E-state index contributed by atoms with van der Waals surface area (Å²) in [5.41, 5.74) is 0. The number of carbonyl (C=O) groups excluding carboxylic acids is 1. The standard InChI is InChI=1S/C12H21F3N2O/c1-9(2)7-10-11(18)17(8-16-10)6-4-3-5-12(13,14)15/h9-10,16H,3-8H2,1-2H3. The molecule has 0 aromatic rings.